The molecule has 0 atom stereocenters. The van der Waals surface area contributed by atoms with Crippen LogP contribution < -0.4 is 5.32 Å². The van der Waals surface area contributed by atoms with E-state index in [1.807, 2.05) is 20.8 Å². The van der Waals surface area contributed by atoms with Gasteiger partial charge in [-0.05, 0) is 27.2 Å². The molecule has 0 aliphatic carbocycles. The highest BCUT2D eigenvalue weighted by molar-refractivity contribution is 5.67. The normalized spacial score (nSPS) is 11.4. The quantitative estimate of drug-likeness (QED) is 0.561. The molecule has 0 aliphatic heterocycles. The number of unbranched alkanes of at least 4 members (excludes halogenated alkanes) is 1. The van der Waals surface area contributed by atoms with Crippen LogP contribution in [0.25, 0.3) is 0 Å². The third kappa shape index (κ3) is 17.1. The minimum absolute atomic E-state index is 0.424. The van der Waals surface area contributed by atoms with Crippen molar-refractivity contribution in [1.82, 2.24) is 5.32 Å². The van der Waals surface area contributed by atoms with Gasteiger partial charge in [-0.3, -0.25) is 0 Å². The van der Waals surface area contributed by atoms with Gasteiger partial charge in [-0.2, -0.15) is 0 Å². The molecule has 0 saturated heterocycles. The molecule has 0 unspecified atom stereocenters. The third-order valence-electron chi connectivity index (χ3n) is 2.30. The zero-order valence-corrected chi connectivity index (χ0v) is 13.9. The molecule has 0 aromatic heterocycles. The van der Waals surface area contributed by atoms with Gasteiger partial charge in [0.1, 0.15) is 5.60 Å². The summed E-state index contributed by atoms with van der Waals surface area (Å²) in [4.78, 5) is 11.3. The van der Waals surface area contributed by atoms with E-state index in [1.54, 1.807) is 0 Å². The number of alkyl carbamates (subject to hydrolysis) is 1. The smallest absolute Gasteiger partial charge is 0.407 e. The number of carbonyl (C=O) groups excluding carboxylic acids is 1. The van der Waals surface area contributed by atoms with Gasteiger partial charge in [0.2, 0.25) is 0 Å². The fourth-order valence-electron chi connectivity index (χ4n) is 1.33. The first-order chi connectivity index (χ1) is 9.95. The average molecular weight is 305 g/mol. The molecule has 0 saturated carbocycles. The van der Waals surface area contributed by atoms with E-state index in [9.17, 15) is 4.79 Å². The maximum Gasteiger partial charge on any atom is 0.407 e. The summed E-state index contributed by atoms with van der Waals surface area (Å²) < 4.78 is 21.1. The number of hydrogen-bond donors (Lipinski definition) is 1. The lowest BCUT2D eigenvalue weighted by atomic mass is 10.2. The first-order valence-electron chi connectivity index (χ1n) is 7.66. The highest BCUT2D eigenvalue weighted by Gasteiger charge is 2.15. The van der Waals surface area contributed by atoms with Crippen molar-refractivity contribution in [2.75, 3.05) is 46.2 Å². The van der Waals surface area contributed by atoms with E-state index in [1.165, 1.54) is 0 Å². The van der Waals surface area contributed by atoms with Gasteiger partial charge >= 0.3 is 6.09 Å². The monoisotopic (exact) mass is 305 g/mol. The van der Waals surface area contributed by atoms with E-state index in [0.29, 0.717) is 39.6 Å². The molecule has 6 nitrogen and oxygen atoms in total. The lowest BCUT2D eigenvalue weighted by Gasteiger charge is -2.19. The van der Waals surface area contributed by atoms with Crippen LogP contribution in [-0.2, 0) is 18.9 Å². The Bertz CT molecular complexity index is 253. The van der Waals surface area contributed by atoms with Crippen LogP contribution in [0.3, 0.4) is 0 Å². The van der Waals surface area contributed by atoms with Crippen molar-refractivity contribution in [3.63, 3.8) is 0 Å². The molecule has 0 bridgehead atoms. The van der Waals surface area contributed by atoms with Gasteiger partial charge in [-0.1, -0.05) is 13.3 Å². The fraction of sp³-hybridized carbons (Fsp3) is 0.933. The summed E-state index contributed by atoms with van der Waals surface area (Å²) in [6, 6.07) is 0. The fourth-order valence-corrected chi connectivity index (χ4v) is 1.33. The Hall–Kier alpha value is -0.850. The topological polar surface area (TPSA) is 66.0 Å². The van der Waals surface area contributed by atoms with Gasteiger partial charge in [0.15, 0.2) is 0 Å². The van der Waals surface area contributed by atoms with Crippen LogP contribution in [0, 0.1) is 0 Å². The molecule has 0 aromatic rings. The number of carbonyl (C=O) groups is 1. The van der Waals surface area contributed by atoms with Crippen molar-refractivity contribution in [2.45, 2.75) is 46.1 Å². The molecule has 0 radical (unpaired) electrons. The first-order valence-corrected chi connectivity index (χ1v) is 7.66. The summed E-state index contributed by atoms with van der Waals surface area (Å²) in [7, 11) is 0. The van der Waals surface area contributed by atoms with Crippen molar-refractivity contribution >= 4 is 6.09 Å². The van der Waals surface area contributed by atoms with Crippen LogP contribution in [0.4, 0.5) is 4.79 Å². The molecular formula is C15H31NO5. The molecule has 0 rings (SSSR count). The molecule has 126 valence electrons. The van der Waals surface area contributed by atoms with Crippen molar-refractivity contribution in [3.05, 3.63) is 0 Å². The Kier molecular flexibility index (Phi) is 12.3. The van der Waals surface area contributed by atoms with Gasteiger partial charge < -0.3 is 24.3 Å². The minimum Gasteiger partial charge on any atom is -0.444 e. The van der Waals surface area contributed by atoms with Gasteiger partial charge in [-0.15, -0.1) is 0 Å². The third-order valence-corrected chi connectivity index (χ3v) is 2.30. The van der Waals surface area contributed by atoms with Crippen LogP contribution in [0.2, 0.25) is 0 Å². The lowest BCUT2D eigenvalue weighted by molar-refractivity contribution is 0.0135. The van der Waals surface area contributed by atoms with Gasteiger partial charge in [-0.25, -0.2) is 4.79 Å². The average Bonchev–Trinajstić information content (AvgIpc) is 2.38. The van der Waals surface area contributed by atoms with Crippen molar-refractivity contribution in [1.29, 1.82) is 0 Å². The summed E-state index contributed by atoms with van der Waals surface area (Å²) in [5, 5.41) is 2.62. The Morgan fingerprint density at radius 3 is 1.95 bits per heavy atom. The molecule has 0 heterocycles. The molecule has 0 fully saturated rings. The van der Waals surface area contributed by atoms with E-state index >= 15 is 0 Å². The van der Waals surface area contributed by atoms with Crippen LogP contribution in [-0.4, -0.2) is 57.9 Å². The molecule has 0 aliphatic rings. The van der Waals surface area contributed by atoms with Gasteiger partial charge in [0, 0.05) is 13.2 Å². The van der Waals surface area contributed by atoms with Crippen molar-refractivity contribution in [2.24, 2.45) is 0 Å². The highest BCUT2D eigenvalue weighted by atomic mass is 16.6. The van der Waals surface area contributed by atoms with Gasteiger partial charge in [0.05, 0.1) is 33.0 Å². The molecular weight excluding hydrogens is 274 g/mol. The van der Waals surface area contributed by atoms with Crippen LogP contribution >= 0.6 is 0 Å². The summed E-state index contributed by atoms with van der Waals surface area (Å²) in [6.45, 7) is 11.5. The van der Waals surface area contributed by atoms with E-state index < -0.39 is 11.7 Å². The first kappa shape index (κ1) is 20.1. The Morgan fingerprint density at radius 2 is 1.43 bits per heavy atom. The second kappa shape index (κ2) is 12.9. The number of nitrogens with one attached hydrogen (secondary N) is 1. The van der Waals surface area contributed by atoms with E-state index in [4.69, 9.17) is 18.9 Å². The maximum atomic E-state index is 11.3. The lowest BCUT2D eigenvalue weighted by Crippen LogP contribution is -2.34. The zero-order chi connectivity index (χ0) is 16.0. The molecule has 0 spiro atoms. The predicted octanol–water partition coefficient (Wildman–Crippen LogP) is 2.36. The molecule has 21 heavy (non-hydrogen) atoms. The number of ether oxygens (including phenoxy) is 4. The largest absolute Gasteiger partial charge is 0.444 e. The minimum atomic E-state index is -0.474. The van der Waals surface area contributed by atoms with E-state index in [0.717, 1.165) is 19.4 Å². The van der Waals surface area contributed by atoms with Crippen LogP contribution in [0.5, 0.6) is 0 Å². The molecule has 1 N–H and O–H groups in total. The zero-order valence-electron chi connectivity index (χ0n) is 13.9. The number of rotatable bonds is 12. The standard InChI is InChI=1S/C15H31NO5/c1-5-6-8-18-10-12-20-13-11-19-9-7-16-14(17)21-15(2,3)4/h5-13H2,1-4H3,(H,16,17). The summed E-state index contributed by atoms with van der Waals surface area (Å²) >= 11 is 0. The number of amides is 1. The van der Waals surface area contributed by atoms with Gasteiger partial charge in [0.25, 0.3) is 0 Å². The molecule has 0 aromatic carbocycles. The summed E-state index contributed by atoms with van der Waals surface area (Å²) in [5.41, 5.74) is -0.474. The second-order valence-electron chi connectivity index (χ2n) is 5.62. The van der Waals surface area contributed by atoms with E-state index in [-0.39, 0.29) is 0 Å². The maximum absolute atomic E-state index is 11.3. The van der Waals surface area contributed by atoms with E-state index in [2.05, 4.69) is 12.2 Å². The summed E-state index contributed by atoms with van der Waals surface area (Å²) in [5.74, 6) is 0. The van der Waals surface area contributed by atoms with Crippen molar-refractivity contribution in [3.8, 4) is 0 Å². The molecule has 1 amide bonds. The second-order valence-corrected chi connectivity index (χ2v) is 5.62. The van der Waals surface area contributed by atoms with Crippen LogP contribution in [0.15, 0.2) is 0 Å². The Balaban J connectivity index is 3.17. The predicted molar refractivity (Wildman–Crippen MR) is 81.6 cm³/mol. The highest BCUT2D eigenvalue weighted by Crippen LogP contribution is 2.05. The Morgan fingerprint density at radius 1 is 0.905 bits per heavy atom. The Labute approximate surface area is 128 Å². The van der Waals surface area contributed by atoms with Crippen molar-refractivity contribution < 1.29 is 23.7 Å². The number of hydrogen-bond acceptors (Lipinski definition) is 5. The SMILES string of the molecule is CCCCOCCOCCOCCNC(=O)OC(C)(C)C. The summed E-state index contributed by atoms with van der Waals surface area (Å²) in [6.07, 6.45) is 1.81. The van der Waals surface area contributed by atoms with Crippen LogP contribution in [0.1, 0.15) is 40.5 Å². The molecule has 6 heteroatoms.